The normalized spacial score (nSPS) is 17.4. The molecule has 2 aliphatic rings. The molecule has 5 rings (SSSR count). The molecule has 2 fully saturated rings. The molecule has 3 aromatic carbocycles. The Labute approximate surface area is 207 Å². The minimum absolute atomic E-state index is 0.246. The summed E-state index contributed by atoms with van der Waals surface area (Å²) in [6.07, 6.45) is 1.66. The van der Waals surface area contributed by atoms with Gasteiger partial charge in [-0.05, 0) is 57.9 Å². The Morgan fingerprint density at radius 3 is 2.49 bits per heavy atom. The Morgan fingerprint density at radius 1 is 0.971 bits per heavy atom. The molecule has 0 N–H and O–H groups in total. The van der Waals surface area contributed by atoms with E-state index in [-0.39, 0.29) is 12.5 Å². The zero-order valence-corrected chi connectivity index (χ0v) is 19.8. The van der Waals surface area contributed by atoms with Gasteiger partial charge in [-0.2, -0.15) is 0 Å². The Hall–Kier alpha value is -3.62. The van der Waals surface area contributed by atoms with Crippen LogP contribution in [0.1, 0.15) is 11.1 Å². The van der Waals surface area contributed by atoms with E-state index in [1.165, 1.54) is 10.8 Å². The summed E-state index contributed by atoms with van der Waals surface area (Å²) < 4.78 is 11.2. The lowest BCUT2D eigenvalue weighted by atomic mass is 10.1. The largest absolute Gasteiger partial charge is 0.489 e. The monoisotopic (exact) mass is 488 g/mol. The molecule has 3 amide bonds. The van der Waals surface area contributed by atoms with Crippen molar-refractivity contribution in [2.45, 2.75) is 6.61 Å². The Balaban J connectivity index is 1.19. The van der Waals surface area contributed by atoms with Crippen LogP contribution in [0.2, 0.25) is 0 Å². The fourth-order valence-corrected chi connectivity index (χ4v) is 4.83. The predicted molar refractivity (Wildman–Crippen MR) is 135 cm³/mol. The van der Waals surface area contributed by atoms with Crippen LogP contribution >= 0.6 is 11.8 Å². The lowest BCUT2D eigenvalue weighted by Crippen LogP contribution is -2.46. The van der Waals surface area contributed by atoms with Gasteiger partial charge in [-0.15, -0.1) is 0 Å². The van der Waals surface area contributed by atoms with Crippen molar-refractivity contribution < 1.29 is 23.9 Å². The van der Waals surface area contributed by atoms with E-state index < -0.39 is 11.1 Å². The van der Waals surface area contributed by atoms with Crippen molar-refractivity contribution in [1.29, 1.82) is 0 Å². The summed E-state index contributed by atoms with van der Waals surface area (Å²) in [6.45, 7) is 2.08. The highest BCUT2D eigenvalue weighted by Gasteiger charge is 2.37. The lowest BCUT2D eigenvalue weighted by molar-refractivity contribution is -0.139. The molecule has 178 valence electrons. The number of nitrogens with zero attached hydrogens (tertiary/aromatic N) is 2. The number of imide groups is 1. The number of thioether (sulfide) groups is 1. The number of hydrogen-bond donors (Lipinski definition) is 0. The lowest BCUT2D eigenvalue weighted by Gasteiger charge is -2.28. The zero-order valence-electron chi connectivity index (χ0n) is 19.0. The number of carbonyl (C=O) groups is 3. The van der Waals surface area contributed by atoms with Gasteiger partial charge in [-0.3, -0.25) is 19.3 Å². The average Bonchev–Trinajstić information content (AvgIpc) is 3.15. The molecule has 3 aromatic rings. The summed E-state index contributed by atoms with van der Waals surface area (Å²) in [5.74, 6) is 0.0162. The second-order valence-corrected chi connectivity index (χ2v) is 9.29. The van der Waals surface area contributed by atoms with Gasteiger partial charge in [0.1, 0.15) is 18.9 Å². The maximum absolute atomic E-state index is 12.8. The van der Waals surface area contributed by atoms with Crippen molar-refractivity contribution in [2.75, 3.05) is 32.8 Å². The number of hydrogen-bond acceptors (Lipinski definition) is 6. The average molecular weight is 489 g/mol. The fourth-order valence-electron chi connectivity index (χ4n) is 3.99. The number of fused-ring (bicyclic) bond motifs is 1. The number of amides is 3. The van der Waals surface area contributed by atoms with Gasteiger partial charge >= 0.3 is 0 Å². The quantitative estimate of drug-likeness (QED) is 0.481. The molecule has 0 bridgehead atoms. The van der Waals surface area contributed by atoms with Crippen LogP contribution in [0.15, 0.2) is 71.6 Å². The van der Waals surface area contributed by atoms with Crippen LogP contribution in [-0.4, -0.2) is 59.7 Å². The molecular formula is C27H24N2O5S. The van der Waals surface area contributed by atoms with Gasteiger partial charge in [0.05, 0.1) is 18.1 Å². The molecule has 0 atom stereocenters. The van der Waals surface area contributed by atoms with Crippen molar-refractivity contribution in [3.63, 3.8) is 0 Å². The van der Waals surface area contributed by atoms with Crippen molar-refractivity contribution >= 4 is 45.7 Å². The Kier molecular flexibility index (Phi) is 6.83. The summed E-state index contributed by atoms with van der Waals surface area (Å²) in [5.41, 5.74) is 1.85. The molecule has 0 aliphatic carbocycles. The van der Waals surface area contributed by atoms with E-state index in [2.05, 4.69) is 30.3 Å². The first-order valence-electron chi connectivity index (χ1n) is 11.4. The van der Waals surface area contributed by atoms with Gasteiger partial charge in [-0.25, -0.2) is 0 Å². The molecule has 2 heterocycles. The summed E-state index contributed by atoms with van der Waals surface area (Å²) in [7, 11) is 0. The highest BCUT2D eigenvalue weighted by molar-refractivity contribution is 8.18. The van der Waals surface area contributed by atoms with Crippen LogP contribution in [0, 0.1) is 0 Å². The first kappa shape index (κ1) is 23.1. The molecule has 0 unspecified atom stereocenters. The van der Waals surface area contributed by atoms with Crippen LogP contribution in [0.4, 0.5) is 4.79 Å². The van der Waals surface area contributed by atoms with Crippen molar-refractivity contribution in [3.8, 4) is 5.75 Å². The number of ether oxygens (including phenoxy) is 2. The molecule has 7 nitrogen and oxygen atoms in total. The molecule has 2 saturated heterocycles. The minimum atomic E-state index is -0.446. The minimum Gasteiger partial charge on any atom is -0.489 e. The number of benzene rings is 3. The van der Waals surface area contributed by atoms with E-state index in [1.54, 1.807) is 11.0 Å². The standard InChI is InChI=1S/C27H24N2O5S/c30-25(28-11-13-33-14-12-28)17-29-26(31)24(35-27(29)32)16-19-6-9-23(10-7-19)34-18-20-5-8-21-3-1-2-4-22(21)15-20/h1-10,15-16H,11-14,17-18H2/b24-16+. The molecule has 0 radical (unpaired) electrons. The first-order valence-corrected chi connectivity index (χ1v) is 12.2. The van der Waals surface area contributed by atoms with Crippen LogP contribution in [0.25, 0.3) is 16.8 Å². The van der Waals surface area contributed by atoms with E-state index >= 15 is 0 Å². The van der Waals surface area contributed by atoms with Crippen LogP contribution in [0.3, 0.4) is 0 Å². The Bertz CT molecular complexity index is 1300. The van der Waals surface area contributed by atoms with Crippen LogP contribution in [0.5, 0.6) is 5.75 Å². The van der Waals surface area contributed by atoms with Crippen molar-refractivity contribution in [1.82, 2.24) is 9.80 Å². The Morgan fingerprint density at radius 2 is 1.71 bits per heavy atom. The number of carbonyl (C=O) groups excluding carboxylic acids is 3. The van der Waals surface area contributed by atoms with Crippen LogP contribution in [-0.2, 0) is 20.9 Å². The molecule has 35 heavy (non-hydrogen) atoms. The maximum Gasteiger partial charge on any atom is 0.294 e. The fraction of sp³-hybridized carbons (Fsp3) is 0.222. The molecule has 2 aliphatic heterocycles. The molecule has 8 heteroatoms. The topological polar surface area (TPSA) is 76.2 Å². The third kappa shape index (κ3) is 5.39. The number of morpholine rings is 1. The van der Waals surface area contributed by atoms with Gasteiger partial charge in [0.15, 0.2) is 0 Å². The van der Waals surface area contributed by atoms with Gasteiger partial charge in [0.25, 0.3) is 11.1 Å². The van der Waals surface area contributed by atoms with Crippen molar-refractivity contribution in [2.24, 2.45) is 0 Å². The second-order valence-electron chi connectivity index (χ2n) is 8.30. The van der Waals surface area contributed by atoms with Gasteiger partial charge < -0.3 is 14.4 Å². The van der Waals surface area contributed by atoms with Crippen LogP contribution < -0.4 is 4.74 Å². The molecule has 0 saturated carbocycles. The summed E-state index contributed by atoms with van der Waals surface area (Å²) >= 11 is 0.850. The summed E-state index contributed by atoms with van der Waals surface area (Å²) in [6, 6.07) is 21.8. The van der Waals surface area contributed by atoms with E-state index in [9.17, 15) is 14.4 Å². The smallest absolute Gasteiger partial charge is 0.294 e. The third-order valence-corrected chi connectivity index (χ3v) is 6.84. The second kappa shape index (κ2) is 10.3. The van der Waals surface area contributed by atoms with Gasteiger partial charge in [0, 0.05) is 13.1 Å². The third-order valence-electron chi connectivity index (χ3n) is 5.93. The summed E-state index contributed by atoms with van der Waals surface area (Å²) in [5, 5.41) is 1.93. The van der Waals surface area contributed by atoms with Crippen molar-refractivity contribution in [3.05, 3.63) is 82.8 Å². The van der Waals surface area contributed by atoms with E-state index in [1.807, 2.05) is 36.4 Å². The first-order chi connectivity index (χ1) is 17.1. The molecular weight excluding hydrogens is 464 g/mol. The molecule has 0 spiro atoms. The number of rotatable bonds is 6. The zero-order chi connectivity index (χ0) is 24.2. The van der Waals surface area contributed by atoms with E-state index in [0.717, 1.165) is 27.8 Å². The highest BCUT2D eigenvalue weighted by atomic mass is 32.2. The van der Waals surface area contributed by atoms with Gasteiger partial charge in [-0.1, -0.05) is 48.5 Å². The maximum atomic E-state index is 12.8. The van der Waals surface area contributed by atoms with E-state index in [4.69, 9.17) is 9.47 Å². The highest BCUT2D eigenvalue weighted by Crippen LogP contribution is 2.32. The van der Waals surface area contributed by atoms with E-state index in [0.29, 0.717) is 43.6 Å². The SMILES string of the molecule is O=C(CN1C(=O)S/C(=C/c2ccc(OCc3ccc4ccccc4c3)cc2)C1=O)N1CCOCC1. The molecule has 0 aromatic heterocycles. The van der Waals surface area contributed by atoms with Gasteiger partial charge in [0.2, 0.25) is 5.91 Å². The summed E-state index contributed by atoms with van der Waals surface area (Å²) in [4.78, 5) is 40.5. The predicted octanol–water partition coefficient (Wildman–Crippen LogP) is 4.31.